The van der Waals surface area contributed by atoms with Crippen LogP contribution in [0.15, 0.2) is 78.0 Å². The van der Waals surface area contributed by atoms with Crippen LogP contribution in [0.25, 0.3) is 0 Å². The molecule has 5 rings (SSSR count). The van der Waals surface area contributed by atoms with Crippen LogP contribution in [0.2, 0.25) is 0 Å². The number of rotatable bonds is 11. The molecule has 0 amide bonds. The molecule has 2 atom stereocenters. The zero-order chi connectivity index (χ0) is 34.2. The van der Waals surface area contributed by atoms with E-state index in [1.807, 2.05) is 43.3 Å². The summed E-state index contributed by atoms with van der Waals surface area (Å²) in [5.41, 5.74) is 4.24. The Hall–Kier alpha value is -4.87. The first kappa shape index (κ1) is 35.0. The van der Waals surface area contributed by atoms with Crippen molar-refractivity contribution in [1.29, 1.82) is 0 Å². The lowest BCUT2D eigenvalue weighted by molar-refractivity contribution is -0.192. The molecule has 0 spiro atoms. The molecule has 0 bridgehead atoms. The number of nitrogens with zero attached hydrogens (tertiary/aromatic N) is 4. The maximum absolute atomic E-state index is 12.8. The molecule has 0 fully saturated rings. The Kier molecular flexibility index (Phi) is 11.3. The molecule has 250 valence electrons. The fourth-order valence-electron chi connectivity index (χ4n) is 4.56. The molecule has 1 aliphatic heterocycles. The van der Waals surface area contributed by atoms with Crippen LogP contribution in [0.3, 0.4) is 0 Å². The first-order valence-electron chi connectivity index (χ1n) is 14.1. The third-order valence-electron chi connectivity index (χ3n) is 6.91. The molecule has 0 radical (unpaired) electrons. The topological polar surface area (TPSA) is 186 Å². The van der Waals surface area contributed by atoms with Crippen LogP contribution < -0.4 is 14.8 Å². The van der Waals surface area contributed by atoms with Gasteiger partial charge in [-0.25, -0.2) is 17.9 Å². The van der Waals surface area contributed by atoms with Gasteiger partial charge >= 0.3 is 18.1 Å². The van der Waals surface area contributed by atoms with E-state index in [2.05, 4.69) is 25.3 Å². The van der Waals surface area contributed by atoms with E-state index in [1.165, 1.54) is 12.1 Å². The van der Waals surface area contributed by atoms with Gasteiger partial charge in [-0.2, -0.15) is 17.9 Å². The smallest absolute Gasteiger partial charge is 0.490 e. The molecule has 47 heavy (non-hydrogen) atoms. The molecule has 0 aliphatic carbocycles. The van der Waals surface area contributed by atoms with Gasteiger partial charge in [-0.15, -0.1) is 5.10 Å². The Balaban J connectivity index is 0.000000644. The summed E-state index contributed by atoms with van der Waals surface area (Å²) in [5.74, 6) is -3.29. The molecular weight excluding hydrogens is 645 g/mol. The van der Waals surface area contributed by atoms with Crippen molar-refractivity contribution in [2.75, 3.05) is 6.61 Å². The average Bonchev–Trinajstić information content (AvgIpc) is 3.49. The van der Waals surface area contributed by atoms with E-state index in [1.54, 1.807) is 29.2 Å². The summed E-state index contributed by atoms with van der Waals surface area (Å²) in [6.07, 6.45) is -1.14. The molecule has 2 aromatic carbocycles. The highest BCUT2D eigenvalue weighted by Gasteiger charge is 2.38. The lowest BCUT2D eigenvalue weighted by atomic mass is 9.99. The number of hydrogen-bond acceptors (Lipinski definition) is 9. The molecular formula is C30H31F3N6O7S. The molecule has 17 heteroatoms. The molecule has 4 N–H and O–H groups in total. The van der Waals surface area contributed by atoms with Crippen LogP contribution in [0.1, 0.15) is 40.5 Å². The number of alkyl halides is 3. The second-order valence-corrected chi connectivity index (χ2v) is 12.2. The van der Waals surface area contributed by atoms with E-state index in [0.29, 0.717) is 31.8 Å². The maximum atomic E-state index is 12.8. The summed E-state index contributed by atoms with van der Waals surface area (Å²) in [6, 6.07) is 16.5. The molecule has 0 unspecified atom stereocenters. The van der Waals surface area contributed by atoms with Crippen LogP contribution in [-0.4, -0.2) is 69.4 Å². The Bertz CT molecular complexity index is 1790. The Morgan fingerprint density at radius 3 is 2.43 bits per heavy atom. The maximum Gasteiger partial charge on any atom is 0.490 e. The van der Waals surface area contributed by atoms with Gasteiger partial charge in [-0.3, -0.25) is 9.78 Å². The second-order valence-electron chi connectivity index (χ2n) is 10.5. The summed E-state index contributed by atoms with van der Waals surface area (Å²) in [5, 5.41) is 28.6. The van der Waals surface area contributed by atoms with Crippen molar-refractivity contribution in [3.63, 3.8) is 0 Å². The number of hydrogen-bond donors (Lipinski definition) is 4. The van der Waals surface area contributed by atoms with Crippen molar-refractivity contribution in [2.45, 2.75) is 56.0 Å². The summed E-state index contributed by atoms with van der Waals surface area (Å²) in [4.78, 5) is 25.1. The third kappa shape index (κ3) is 9.81. The molecule has 0 saturated heterocycles. The van der Waals surface area contributed by atoms with Crippen molar-refractivity contribution in [3.05, 3.63) is 101 Å². The predicted molar refractivity (Wildman–Crippen MR) is 160 cm³/mol. The fraction of sp³-hybridized carbons (Fsp3) is 0.300. The van der Waals surface area contributed by atoms with Gasteiger partial charge in [0.25, 0.3) is 0 Å². The standard InChI is InChI=1S/C28H30N6O5S.C2HF3O2/c1-19-5-8-23(9-6-19)40(37,38)32-25(28(35)36)15-22-18-34(33-31-22)26-11-13-39-27-14-20(7-10-24(26)27)16-29-17-21-4-2-3-12-30-21;3-2(4,5)1(6)7/h2-10,12,14,18,25-26,29,32H,11,13,15-17H2,1H3,(H,35,36);(H,6,7)/t25-,26-;/m1./s1. The van der Waals surface area contributed by atoms with Crippen LogP contribution in [0, 0.1) is 6.92 Å². The average molecular weight is 677 g/mol. The molecule has 3 heterocycles. The van der Waals surface area contributed by atoms with Crippen LogP contribution in [-0.2, 0) is 39.1 Å². The lowest BCUT2D eigenvalue weighted by Gasteiger charge is -2.26. The van der Waals surface area contributed by atoms with E-state index in [0.717, 1.165) is 28.1 Å². The van der Waals surface area contributed by atoms with Crippen molar-refractivity contribution in [1.82, 2.24) is 30.0 Å². The number of halogens is 3. The zero-order valence-corrected chi connectivity index (χ0v) is 25.7. The van der Waals surface area contributed by atoms with E-state index in [9.17, 15) is 31.5 Å². The normalized spacial score (nSPS) is 15.0. The summed E-state index contributed by atoms with van der Waals surface area (Å²) >= 11 is 0. The highest BCUT2D eigenvalue weighted by atomic mass is 32.2. The van der Waals surface area contributed by atoms with Gasteiger partial charge in [0.15, 0.2) is 0 Å². The van der Waals surface area contributed by atoms with Gasteiger partial charge in [-0.05, 0) is 42.8 Å². The number of benzene rings is 2. The second kappa shape index (κ2) is 15.1. The predicted octanol–water partition coefficient (Wildman–Crippen LogP) is 3.25. The van der Waals surface area contributed by atoms with Gasteiger partial charge in [0, 0.05) is 43.9 Å². The third-order valence-corrected chi connectivity index (χ3v) is 8.39. The largest absolute Gasteiger partial charge is 0.493 e. The van der Waals surface area contributed by atoms with E-state index in [4.69, 9.17) is 14.6 Å². The van der Waals surface area contributed by atoms with Gasteiger partial charge in [0.1, 0.15) is 11.8 Å². The van der Waals surface area contributed by atoms with Crippen molar-refractivity contribution in [2.24, 2.45) is 0 Å². The minimum atomic E-state index is -5.08. The number of carboxylic acids is 2. The monoisotopic (exact) mass is 676 g/mol. The highest BCUT2D eigenvalue weighted by Crippen LogP contribution is 2.35. The van der Waals surface area contributed by atoms with E-state index >= 15 is 0 Å². The number of aromatic nitrogens is 4. The van der Waals surface area contributed by atoms with Crippen molar-refractivity contribution >= 4 is 22.0 Å². The van der Waals surface area contributed by atoms with Crippen LogP contribution in [0.5, 0.6) is 5.75 Å². The molecule has 4 aromatic rings. The number of carbonyl (C=O) groups is 2. The van der Waals surface area contributed by atoms with Gasteiger partial charge < -0.3 is 20.3 Å². The van der Waals surface area contributed by atoms with Gasteiger partial charge in [-0.1, -0.05) is 41.1 Å². The minimum Gasteiger partial charge on any atom is -0.493 e. The number of nitrogens with one attached hydrogen (secondary N) is 2. The first-order valence-corrected chi connectivity index (χ1v) is 15.6. The molecule has 2 aromatic heterocycles. The number of carboxylic acid groups (broad SMARTS) is 2. The first-order chi connectivity index (χ1) is 22.2. The van der Waals surface area contributed by atoms with Crippen LogP contribution in [0.4, 0.5) is 13.2 Å². The van der Waals surface area contributed by atoms with Gasteiger partial charge in [0.2, 0.25) is 10.0 Å². The quantitative estimate of drug-likeness (QED) is 0.183. The van der Waals surface area contributed by atoms with E-state index in [-0.39, 0.29) is 17.4 Å². The summed E-state index contributed by atoms with van der Waals surface area (Å²) in [6.45, 7) is 3.64. The Morgan fingerprint density at radius 1 is 1.06 bits per heavy atom. The van der Waals surface area contributed by atoms with Crippen LogP contribution >= 0.6 is 0 Å². The van der Waals surface area contributed by atoms with Crippen molar-refractivity contribution < 1.29 is 46.1 Å². The van der Waals surface area contributed by atoms with Gasteiger partial charge in [0.05, 0.1) is 28.9 Å². The number of ether oxygens (including phenoxy) is 1. The van der Waals surface area contributed by atoms with Crippen molar-refractivity contribution in [3.8, 4) is 5.75 Å². The van der Waals surface area contributed by atoms with E-state index < -0.39 is 34.2 Å². The molecule has 0 saturated carbocycles. The number of aliphatic carboxylic acids is 2. The highest BCUT2D eigenvalue weighted by molar-refractivity contribution is 7.89. The summed E-state index contributed by atoms with van der Waals surface area (Å²) in [7, 11) is -4.03. The number of aryl methyl sites for hydroxylation is 1. The Labute approximate surface area is 267 Å². The zero-order valence-electron chi connectivity index (χ0n) is 24.9. The molecule has 13 nitrogen and oxygen atoms in total. The number of sulfonamides is 1. The fourth-order valence-corrected chi connectivity index (χ4v) is 5.75. The lowest BCUT2D eigenvalue weighted by Crippen LogP contribution is -2.42. The minimum absolute atomic E-state index is 0.00174. The SMILES string of the molecule is Cc1ccc(S(=O)(=O)N[C@H](Cc2cn([C@@H]3CCOc4cc(CNCc5ccccn5)ccc43)nn2)C(=O)O)cc1.O=C(O)C(F)(F)F. The number of fused-ring (bicyclic) bond motifs is 1. The number of pyridine rings is 1. The molecule has 1 aliphatic rings. The Morgan fingerprint density at radius 2 is 1.79 bits per heavy atom. The summed E-state index contributed by atoms with van der Waals surface area (Å²) < 4.78 is 67.2.